The third-order valence-corrected chi connectivity index (χ3v) is 6.74. The molecular formula is C28H39ClN6O2. The van der Waals surface area contributed by atoms with Crippen LogP contribution in [-0.2, 0) is 17.9 Å². The number of nitrogens with zero attached hydrogens (tertiary/aromatic N) is 3. The molecule has 8 nitrogen and oxygen atoms in total. The molecule has 37 heavy (non-hydrogen) atoms. The van der Waals surface area contributed by atoms with E-state index < -0.39 is 0 Å². The molecule has 9 heteroatoms. The summed E-state index contributed by atoms with van der Waals surface area (Å²) in [5, 5.41) is 23.8. The van der Waals surface area contributed by atoms with Crippen LogP contribution in [0.5, 0.6) is 0 Å². The summed E-state index contributed by atoms with van der Waals surface area (Å²) in [6, 6.07) is 14.2. The zero-order valence-electron chi connectivity index (χ0n) is 22.2. The molecule has 1 heterocycles. The van der Waals surface area contributed by atoms with Crippen LogP contribution >= 0.6 is 11.6 Å². The molecule has 0 saturated heterocycles. The van der Waals surface area contributed by atoms with Crippen LogP contribution in [0.1, 0.15) is 30.5 Å². The minimum Gasteiger partial charge on any atom is -0.514 e. The molecule has 0 aliphatic carbocycles. The third-order valence-electron chi connectivity index (χ3n) is 6.42. The minimum atomic E-state index is -0.0829. The normalized spacial score (nSPS) is 13.4. The van der Waals surface area contributed by atoms with E-state index in [9.17, 15) is 9.90 Å². The zero-order valence-corrected chi connectivity index (χ0v) is 23.0. The van der Waals surface area contributed by atoms with Gasteiger partial charge in [-0.1, -0.05) is 62.4 Å². The number of rotatable bonds is 13. The largest absolute Gasteiger partial charge is 0.514 e. The second-order valence-corrected chi connectivity index (χ2v) is 9.86. The van der Waals surface area contributed by atoms with E-state index in [1.54, 1.807) is 18.1 Å². The summed E-state index contributed by atoms with van der Waals surface area (Å²) in [5.74, 6) is -0.0829. The molecule has 200 valence electrons. The molecule has 0 unspecified atom stereocenters. The predicted octanol–water partition coefficient (Wildman–Crippen LogP) is 3.71. The van der Waals surface area contributed by atoms with Crippen molar-refractivity contribution in [1.29, 1.82) is 0 Å². The Morgan fingerprint density at radius 2 is 1.84 bits per heavy atom. The molecule has 0 atom stereocenters. The average Bonchev–Trinajstić information content (AvgIpc) is 3.33. The maximum atomic E-state index is 13.5. The number of amides is 1. The van der Waals surface area contributed by atoms with Crippen molar-refractivity contribution in [2.45, 2.75) is 33.0 Å². The van der Waals surface area contributed by atoms with Crippen molar-refractivity contribution in [2.75, 3.05) is 45.2 Å². The Kier molecular flexibility index (Phi) is 10.3. The number of hydrazine groups is 1. The fourth-order valence-electron chi connectivity index (χ4n) is 4.20. The van der Waals surface area contributed by atoms with Gasteiger partial charge in [-0.3, -0.25) is 9.80 Å². The number of aliphatic hydroxyl groups excluding tert-OH is 1. The first-order chi connectivity index (χ1) is 17.7. The van der Waals surface area contributed by atoms with E-state index in [2.05, 4.69) is 48.5 Å². The Bertz CT molecular complexity index is 1090. The van der Waals surface area contributed by atoms with Crippen molar-refractivity contribution in [3.05, 3.63) is 82.7 Å². The molecule has 2 aromatic rings. The van der Waals surface area contributed by atoms with Gasteiger partial charge in [-0.05, 0) is 28.8 Å². The summed E-state index contributed by atoms with van der Waals surface area (Å²) in [4.78, 5) is 15.4. The van der Waals surface area contributed by atoms with E-state index in [0.29, 0.717) is 42.1 Å². The highest BCUT2D eigenvalue weighted by Crippen LogP contribution is 2.30. The maximum absolute atomic E-state index is 13.5. The molecule has 0 aromatic heterocycles. The summed E-state index contributed by atoms with van der Waals surface area (Å²) in [6.45, 7) is 11.3. The van der Waals surface area contributed by atoms with Gasteiger partial charge in [0.05, 0.1) is 35.8 Å². The third kappa shape index (κ3) is 7.64. The SMILES string of the molecule is C=C(NC)c1ccc(Cl)c(N(CC(=O)N(C)N2Cc3ccccc3C2)CC(=CO)NCCNC(C)C)c1. The van der Waals surface area contributed by atoms with Crippen LogP contribution in [0.25, 0.3) is 5.70 Å². The van der Waals surface area contributed by atoms with Gasteiger partial charge in [0, 0.05) is 52.0 Å². The molecule has 0 radical (unpaired) electrons. The zero-order chi connectivity index (χ0) is 26.9. The van der Waals surface area contributed by atoms with Crippen LogP contribution in [0.2, 0.25) is 5.02 Å². The van der Waals surface area contributed by atoms with Crippen molar-refractivity contribution in [1.82, 2.24) is 26.0 Å². The lowest BCUT2D eigenvalue weighted by Crippen LogP contribution is -2.47. The number of benzene rings is 2. The lowest BCUT2D eigenvalue weighted by atomic mass is 10.1. The van der Waals surface area contributed by atoms with Gasteiger partial charge in [0.25, 0.3) is 5.91 Å². The van der Waals surface area contributed by atoms with E-state index in [0.717, 1.165) is 24.1 Å². The minimum absolute atomic E-state index is 0.0712. The van der Waals surface area contributed by atoms with Crippen LogP contribution in [0.3, 0.4) is 0 Å². The first-order valence-corrected chi connectivity index (χ1v) is 12.9. The van der Waals surface area contributed by atoms with Crippen molar-refractivity contribution < 1.29 is 9.90 Å². The number of carbonyl (C=O) groups is 1. The quantitative estimate of drug-likeness (QED) is 0.234. The highest BCUT2D eigenvalue weighted by molar-refractivity contribution is 6.33. The van der Waals surface area contributed by atoms with E-state index in [-0.39, 0.29) is 19.0 Å². The van der Waals surface area contributed by atoms with Crippen LogP contribution < -0.4 is 20.9 Å². The number of fused-ring (bicyclic) bond motifs is 1. The van der Waals surface area contributed by atoms with Gasteiger partial charge in [-0.15, -0.1) is 0 Å². The van der Waals surface area contributed by atoms with E-state index in [1.807, 2.05) is 41.2 Å². The van der Waals surface area contributed by atoms with E-state index in [4.69, 9.17) is 11.6 Å². The van der Waals surface area contributed by atoms with Crippen LogP contribution in [0, 0.1) is 0 Å². The molecule has 2 aromatic carbocycles. The summed E-state index contributed by atoms with van der Waals surface area (Å²) in [7, 11) is 3.61. The van der Waals surface area contributed by atoms with Crippen molar-refractivity contribution in [3.63, 3.8) is 0 Å². The van der Waals surface area contributed by atoms with Gasteiger partial charge >= 0.3 is 0 Å². The smallest absolute Gasteiger partial charge is 0.256 e. The van der Waals surface area contributed by atoms with Gasteiger partial charge in [0.15, 0.2) is 0 Å². The van der Waals surface area contributed by atoms with Crippen LogP contribution in [0.4, 0.5) is 5.69 Å². The number of anilines is 1. The molecule has 1 aliphatic rings. The topological polar surface area (TPSA) is 83.1 Å². The van der Waals surface area contributed by atoms with Crippen molar-refractivity contribution in [3.8, 4) is 0 Å². The molecule has 1 aliphatic heterocycles. The number of aliphatic hydroxyl groups is 1. The molecule has 0 bridgehead atoms. The lowest BCUT2D eigenvalue weighted by Gasteiger charge is -2.32. The number of likely N-dealkylation sites (N-methyl/N-ethyl adjacent to an activating group) is 1. The van der Waals surface area contributed by atoms with Crippen molar-refractivity contribution >= 4 is 28.9 Å². The Hall–Kier alpha value is -3.20. The molecule has 3 rings (SSSR count). The molecule has 0 fully saturated rings. The molecule has 4 N–H and O–H groups in total. The number of halogens is 1. The Labute approximate surface area is 225 Å². The lowest BCUT2D eigenvalue weighted by molar-refractivity contribution is -0.145. The Morgan fingerprint density at radius 3 is 2.43 bits per heavy atom. The standard InChI is InChI=1S/C28H39ClN6O2/c1-20(2)31-12-13-32-25(19-36)17-34(27-14-22(21(3)30-4)10-11-26(27)29)18-28(37)33(5)35-15-23-8-6-7-9-24(23)16-35/h6-11,14,19-20,30-32,36H,3,12-13,15-18H2,1-2,4-5H3. The molecule has 0 spiro atoms. The van der Waals surface area contributed by atoms with Gasteiger partial charge in [0.1, 0.15) is 0 Å². The monoisotopic (exact) mass is 526 g/mol. The molecular weight excluding hydrogens is 488 g/mol. The number of hydrogen-bond acceptors (Lipinski definition) is 7. The fourth-order valence-corrected chi connectivity index (χ4v) is 4.43. The summed E-state index contributed by atoms with van der Waals surface area (Å²) >= 11 is 6.64. The first-order valence-electron chi connectivity index (χ1n) is 12.5. The van der Waals surface area contributed by atoms with Crippen molar-refractivity contribution in [2.24, 2.45) is 0 Å². The Balaban J connectivity index is 1.80. The highest BCUT2D eigenvalue weighted by atomic mass is 35.5. The first kappa shape index (κ1) is 28.4. The van der Waals surface area contributed by atoms with Crippen LogP contribution in [0.15, 0.2) is 61.0 Å². The number of carbonyl (C=O) groups excluding carboxylic acids is 1. The summed E-state index contributed by atoms with van der Waals surface area (Å²) in [5.41, 5.74) is 5.33. The maximum Gasteiger partial charge on any atom is 0.256 e. The molecule has 0 saturated carbocycles. The summed E-state index contributed by atoms with van der Waals surface area (Å²) < 4.78 is 0. The second-order valence-electron chi connectivity index (χ2n) is 9.45. The van der Waals surface area contributed by atoms with E-state index >= 15 is 0 Å². The average molecular weight is 527 g/mol. The second kappa shape index (κ2) is 13.4. The van der Waals surface area contributed by atoms with Gasteiger partial charge < -0.3 is 26.0 Å². The Morgan fingerprint density at radius 1 is 1.16 bits per heavy atom. The van der Waals surface area contributed by atoms with Gasteiger partial charge in [0.2, 0.25) is 0 Å². The van der Waals surface area contributed by atoms with E-state index in [1.165, 1.54) is 11.1 Å². The molecule has 1 amide bonds. The van der Waals surface area contributed by atoms with Gasteiger partial charge in [-0.25, -0.2) is 5.01 Å². The summed E-state index contributed by atoms with van der Waals surface area (Å²) in [6.07, 6.45) is 1.05. The number of nitrogens with one attached hydrogen (secondary N) is 3. The predicted molar refractivity (Wildman–Crippen MR) is 152 cm³/mol. The number of hydrogen-bond donors (Lipinski definition) is 4. The van der Waals surface area contributed by atoms with Gasteiger partial charge in [-0.2, -0.15) is 0 Å². The fraction of sp³-hybridized carbons (Fsp3) is 0.393. The highest BCUT2D eigenvalue weighted by Gasteiger charge is 2.27. The van der Waals surface area contributed by atoms with Crippen LogP contribution in [-0.4, -0.2) is 67.3 Å².